The Kier molecular flexibility index (Phi) is 7.89. The summed E-state index contributed by atoms with van der Waals surface area (Å²) in [6.45, 7) is 8.72. The van der Waals surface area contributed by atoms with Gasteiger partial charge in [-0.3, -0.25) is 14.5 Å². The predicted molar refractivity (Wildman–Crippen MR) is 154 cm³/mol. The molecule has 2 fully saturated rings. The van der Waals surface area contributed by atoms with E-state index in [2.05, 4.69) is 15.2 Å². The molecule has 3 N–H and O–H groups in total. The Morgan fingerprint density at radius 1 is 1.15 bits per heavy atom. The first-order chi connectivity index (χ1) is 19.4. The Morgan fingerprint density at radius 3 is 2.59 bits per heavy atom. The van der Waals surface area contributed by atoms with E-state index < -0.39 is 23.6 Å². The first kappa shape index (κ1) is 28.8. The fraction of sp³-hybridized carbons (Fsp3) is 0.452. The highest BCUT2D eigenvalue weighted by Crippen LogP contribution is 2.31. The van der Waals surface area contributed by atoms with Gasteiger partial charge in [0.25, 0.3) is 11.5 Å². The van der Waals surface area contributed by atoms with Gasteiger partial charge in [0.2, 0.25) is 0 Å². The van der Waals surface area contributed by atoms with Crippen molar-refractivity contribution in [3.63, 3.8) is 0 Å². The van der Waals surface area contributed by atoms with Crippen molar-refractivity contribution in [1.82, 2.24) is 20.1 Å². The third-order valence-corrected chi connectivity index (χ3v) is 7.62. The van der Waals surface area contributed by atoms with Crippen molar-refractivity contribution < 1.29 is 23.8 Å². The number of hydrogen-bond acceptors (Lipinski definition) is 6. The van der Waals surface area contributed by atoms with E-state index in [-0.39, 0.29) is 29.7 Å². The van der Waals surface area contributed by atoms with Crippen molar-refractivity contribution in [2.75, 3.05) is 26.2 Å². The second-order valence-electron chi connectivity index (χ2n) is 12.0. The van der Waals surface area contributed by atoms with E-state index in [9.17, 15) is 23.9 Å². The SMILES string of the molecule is Cc1c(F)cc(C(=O)NC2CC2)cc1-c1ccc2c(=O)[nH]cc(CN3CCN(C(=O)OC(C)(C)C)C(CO)C3)c2c1. The Labute approximate surface area is 238 Å². The largest absolute Gasteiger partial charge is 0.444 e. The summed E-state index contributed by atoms with van der Waals surface area (Å²) in [5, 5.41) is 14.2. The fourth-order valence-corrected chi connectivity index (χ4v) is 5.24. The minimum Gasteiger partial charge on any atom is -0.444 e. The van der Waals surface area contributed by atoms with Crippen molar-refractivity contribution in [2.24, 2.45) is 0 Å². The number of halogens is 1. The second kappa shape index (κ2) is 11.3. The molecule has 0 spiro atoms. The zero-order valence-corrected chi connectivity index (χ0v) is 23.9. The second-order valence-corrected chi connectivity index (χ2v) is 12.0. The molecule has 9 nitrogen and oxygen atoms in total. The van der Waals surface area contributed by atoms with E-state index in [0.29, 0.717) is 53.6 Å². The van der Waals surface area contributed by atoms with Crippen LogP contribution in [0.5, 0.6) is 0 Å². The van der Waals surface area contributed by atoms with E-state index >= 15 is 0 Å². The molecule has 0 bridgehead atoms. The van der Waals surface area contributed by atoms with Crippen LogP contribution in [-0.2, 0) is 11.3 Å². The van der Waals surface area contributed by atoms with Crippen LogP contribution >= 0.6 is 0 Å². The van der Waals surface area contributed by atoms with Gasteiger partial charge in [0, 0.05) is 49.4 Å². The number of piperazine rings is 1. The average molecular weight is 565 g/mol. The highest BCUT2D eigenvalue weighted by Gasteiger charge is 2.33. The Hall–Kier alpha value is -3.76. The number of nitrogens with one attached hydrogen (secondary N) is 2. The van der Waals surface area contributed by atoms with Crippen LogP contribution in [0.3, 0.4) is 0 Å². The van der Waals surface area contributed by atoms with Crippen LogP contribution in [0.4, 0.5) is 9.18 Å². The minimum atomic E-state index is -0.636. The number of carbonyl (C=O) groups is 2. The number of fused-ring (bicyclic) bond motifs is 1. The molecule has 3 aromatic rings. The monoisotopic (exact) mass is 564 g/mol. The lowest BCUT2D eigenvalue weighted by molar-refractivity contribution is -0.0126. The number of hydrogen-bond donors (Lipinski definition) is 3. The molecular weight excluding hydrogens is 527 g/mol. The number of aromatic nitrogens is 1. The standard InChI is InChI=1S/C31H37FN4O5/c1-18-25(12-20(13-27(18)32)28(38)34-22-6-7-22)19-5-8-24-26(11-19)21(14-33-29(24)39)15-35-9-10-36(23(16-35)17-37)30(40)41-31(2,3)4/h5,8,11-14,22-23,37H,6-7,9-10,15-17H2,1-4H3,(H,33,39)(H,34,38). The molecule has 2 aromatic carbocycles. The molecular formula is C31H37FN4O5. The van der Waals surface area contributed by atoms with Gasteiger partial charge in [-0.25, -0.2) is 9.18 Å². The van der Waals surface area contributed by atoms with Gasteiger partial charge in [-0.1, -0.05) is 6.07 Å². The van der Waals surface area contributed by atoms with Crippen molar-refractivity contribution in [3.8, 4) is 11.1 Å². The first-order valence-corrected chi connectivity index (χ1v) is 14.0. The van der Waals surface area contributed by atoms with Gasteiger partial charge in [0.05, 0.1) is 12.6 Å². The van der Waals surface area contributed by atoms with Gasteiger partial charge < -0.3 is 25.0 Å². The number of aliphatic hydroxyl groups excluding tert-OH is 1. The molecule has 2 heterocycles. The number of aliphatic hydroxyl groups is 1. The smallest absolute Gasteiger partial charge is 0.410 e. The molecule has 1 saturated heterocycles. The van der Waals surface area contributed by atoms with Gasteiger partial charge in [-0.05, 0) is 92.4 Å². The zero-order chi connectivity index (χ0) is 29.5. The van der Waals surface area contributed by atoms with Crippen molar-refractivity contribution in [3.05, 3.63) is 69.4 Å². The molecule has 0 radical (unpaired) electrons. The third kappa shape index (κ3) is 6.44. The molecule has 1 aliphatic carbocycles. The molecule has 10 heteroatoms. The number of H-pyrrole nitrogens is 1. The van der Waals surface area contributed by atoms with Gasteiger partial charge >= 0.3 is 6.09 Å². The molecule has 1 saturated carbocycles. The maximum Gasteiger partial charge on any atom is 0.410 e. The van der Waals surface area contributed by atoms with Crippen LogP contribution in [0.25, 0.3) is 21.9 Å². The maximum atomic E-state index is 15.0. The summed E-state index contributed by atoms with van der Waals surface area (Å²) in [7, 11) is 0. The summed E-state index contributed by atoms with van der Waals surface area (Å²) in [5.41, 5.74) is 1.95. The van der Waals surface area contributed by atoms with Gasteiger partial charge in [-0.2, -0.15) is 0 Å². The normalized spacial score (nSPS) is 18.0. The molecule has 2 amide bonds. The molecule has 1 aromatic heterocycles. The van der Waals surface area contributed by atoms with Crippen molar-refractivity contribution >= 4 is 22.8 Å². The van der Waals surface area contributed by atoms with Gasteiger partial charge in [0.15, 0.2) is 0 Å². The maximum absolute atomic E-state index is 15.0. The Morgan fingerprint density at radius 2 is 1.90 bits per heavy atom. The number of nitrogens with zero attached hydrogens (tertiary/aromatic N) is 2. The zero-order valence-electron chi connectivity index (χ0n) is 23.9. The molecule has 2 aliphatic rings. The molecule has 41 heavy (non-hydrogen) atoms. The summed E-state index contributed by atoms with van der Waals surface area (Å²) in [4.78, 5) is 44.6. The lowest BCUT2D eigenvalue weighted by Crippen LogP contribution is -2.57. The average Bonchev–Trinajstić information content (AvgIpc) is 3.74. The van der Waals surface area contributed by atoms with Crippen LogP contribution in [0.15, 0.2) is 41.3 Å². The first-order valence-electron chi connectivity index (χ1n) is 14.0. The van der Waals surface area contributed by atoms with E-state index in [1.807, 2.05) is 6.07 Å². The summed E-state index contributed by atoms with van der Waals surface area (Å²) in [6, 6.07) is 8.05. The van der Waals surface area contributed by atoms with Crippen LogP contribution < -0.4 is 10.9 Å². The van der Waals surface area contributed by atoms with E-state index in [1.165, 1.54) is 6.07 Å². The molecule has 1 unspecified atom stereocenters. The lowest BCUT2D eigenvalue weighted by atomic mass is 9.94. The Bertz CT molecular complexity index is 1540. The summed E-state index contributed by atoms with van der Waals surface area (Å²) < 4.78 is 20.5. The summed E-state index contributed by atoms with van der Waals surface area (Å²) in [5.74, 6) is -0.762. The van der Waals surface area contributed by atoms with Crippen molar-refractivity contribution in [2.45, 2.75) is 64.8 Å². The number of rotatable bonds is 6. The highest BCUT2D eigenvalue weighted by atomic mass is 19.1. The summed E-state index contributed by atoms with van der Waals surface area (Å²) in [6.07, 6.45) is 3.09. The van der Waals surface area contributed by atoms with Crippen LogP contribution in [0, 0.1) is 12.7 Å². The number of amides is 2. The summed E-state index contributed by atoms with van der Waals surface area (Å²) >= 11 is 0. The van der Waals surface area contributed by atoms with Gasteiger partial charge in [-0.15, -0.1) is 0 Å². The highest BCUT2D eigenvalue weighted by molar-refractivity contribution is 5.97. The van der Waals surface area contributed by atoms with Gasteiger partial charge in [0.1, 0.15) is 11.4 Å². The van der Waals surface area contributed by atoms with Crippen LogP contribution in [0.1, 0.15) is 55.1 Å². The van der Waals surface area contributed by atoms with E-state index in [1.54, 1.807) is 57.0 Å². The van der Waals surface area contributed by atoms with Crippen molar-refractivity contribution in [1.29, 1.82) is 0 Å². The Balaban J connectivity index is 1.43. The van der Waals surface area contributed by atoms with E-state index in [0.717, 1.165) is 18.4 Å². The predicted octanol–water partition coefficient (Wildman–Crippen LogP) is 3.95. The van der Waals surface area contributed by atoms with Crippen LogP contribution in [-0.4, -0.2) is 75.8 Å². The molecule has 1 atom stereocenters. The third-order valence-electron chi connectivity index (χ3n) is 7.62. The number of pyridine rings is 1. The minimum absolute atomic E-state index is 0.154. The number of ether oxygens (including phenoxy) is 1. The fourth-order valence-electron chi connectivity index (χ4n) is 5.24. The number of carbonyl (C=O) groups excluding carboxylic acids is 2. The number of benzene rings is 2. The molecule has 218 valence electrons. The lowest BCUT2D eigenvalue weighted by Gasteiger charge is -2.41. The number of aromatic amines is 1. The van der Waals surface area contributed by atoms with E-state index in [4.69, 9.17) is 4.74 Å². The van der Waals surface area contributed by atoms with Crippen LogP contribution in [0.2, 0.25) is 0 Å². The molecule has 5 rings (SSSR count). The topological polar surface area (TPSA) is 115 Å². The quantitative estimate of drug-likeness (QED) is 0.418. The molecule has 1 aliphatic heterocycles.